The number of carbonyl (C=O) groups excluding carboxylic acids is 1. The van der Waals surface area contributed by atoms with Gasteiger partial charge in [0.05, 0.1) is 18.1 Å². The highest BCUT2D eigenvalue weighted by molar-refractivity contribution is 7.14. The molecule has 5 heteroatoms. The largest absolute Gasteiger partial charge is 0.490 e. The van der Waals surface area contributed by atoms with Crippen LogP contribution in [0.1, 0.15) is 33.5 Å². The van der Waals surface area contributed by atoms with Crippen molar-refractivity contribution < 1.29 is 14.3 Å². The molecule has 0 saturated heterocycles. The van der Waals surface area contributed by atoms with Crippen LogP contribution in [0.3, 0.4) is 0 Å². The summed E-state index contributed by atoms with van der Waals surface area (Å²) in [6, 6.07) is 7.45. The second-order valence-corrected chi connectivity index (χ2v) is 6.37. The molecule has 0 unspecified atom stereocenters. The van der Waals surface area contributed by atoms with Gasteiger partial charge in [-0.15, -0.1) is 11.3 Å². The molecule has 0 radical (unpaired) electrons. The van der Waals surface area contributed by atoms with Crippen molar-refractivity contribution in [3.63, 3.8) is 0 Å². The first-order valence-corrected chi connectivity index (χ1v) is 8.29. The number of aryl methyl sites for hydroxylation is 2. The van der Waals surface area contributed by atoms with Crippen molar-refractivity contribution in [3.05, 3.63) is 39.6 Å². The van der Waals surface area contributed by atoms with E-state index in [1.54, 1.807) is 11.3 Å². The summed E-state index contributed by atoms with van der Waals surface area (Å²) in [6.45, 7) is 5.44. The van der Waals surface area contributed by atoms with E-state index in [0.717, 1.165) is 29.2 Å². The number of hydrogen-bond donors (Lipinski definition) is 1. The Bertz CT molecular complexity index is 693. The highest BCUT2D eigenvalue weighted by Gasteiger charge is 2.14. The molecule has 0 spiro atoms. The summed E-state index contributed by atoms with van der Waals surface area (Å²) < 4.78 is 11.2. The smallest absolute Gasteiger partial charge is 0.265 e. The van der Waals surface area contributed by atoms with Crippen LogP contribution in [-0.2, 0) is 6.42 Å². The molecular weight excluding hydrogens is 298 g/mol. The Balaban J connectivity index is 1.77. The fourth-order valence-corrected chi connectivity index (χ4v) is 3.43. The molecule has 0 fully saturated rings. The normalized spacial score (nSPS) is 13.5. The van der Waals surface area contributed by atoms with Crippen molar-refractivity contribution in [3.8, 4) is 11.5 Å². The third-order valence-corrected chi connectivity index (χ3v) is 4.95. The van der Waals surface area contributed by atoms with Crippen LogP contribution < -0.4 is 14.8 Å². The van der Waals surface area contributed by atoms with Gasteiger partial charge in [0.1, 0.15) is 0 Å². The van der Waals surface area contributed by atoms with Gasteiger partial charge in [0, 0.05) is 23.1 Å². The van der Waals surface area contributed by atoms with Crippen LogP contribution in [0.25, 0.3) is 0 Å². The summed E-state index contributed by atoms with van der Waals surface area (Å²) in [7, 11) is 0. The van der Waals surface area contributed by atoms with Gasteiger partial charge in [-0.2, -0.15) is 0 Å². The second kappa shape index (κ2) is 6.40. The molecule has 3 rings (SSSR count). The van der Waals surface area contributed by atoms with Crippen molar-refractivity contribution in [2.24, 2.45) is 0 Å². The molecule has 0 bridgehead atoms. The minimum absolute atomic E-state index is 0.0812. The third-order valence-electron chi connectivity index (χ3n) is 3.57. The van der Waals surface area contributed by atoms with Gasteiger partial charge in [-0.25, -0.2) is 0 Å². The summed E-state index contributed by atoms with van der Waals surface area (Å²) in [5, 5.41) is 2.93. The zero-order valence-electron chi connectivity index (χ0n) is 12.8. The standard InChI is InChI=1S/C17H19NO3S/c1-3-15-11(2)9-16(22-15)17(19)18-12-5-6-13-14(10-12)21-8-4-7-20-13/h5-6,9-10H,3-4,7-8H2,1-2H3,(H,18,19). The van der Waals surface area contributed by atoms with Gasteiger partial charge < -0.3 is 14.8 Å². The molecular formula is C17H19NO3S. The lowest BCUT2D eigenvalue weighted by Gasteiger charge is -2.10. The maximum absolute atomic E-state index is 12.4. The average Bonchev–Trinajstić information content (AvgIpc) is 2.74. The molecule has 22 heavy (non-hydrogen) atoms. The number of anilines is 1. The molecule has 1 N–H and O–H groups in total. The van der Waals surface area contributed by atoms with Crippen LogP contribution in [0.15, 0.2) is 24.3 Å². The second-order valence-electron chi connectivity index (χ2n) is 5.24. The molecule has 116 valence electrons. The van der Waals surface area contributed by atoms with Crippen LogP contribution in [0, 0.1) is 6.92 Å². The van der Waals surface area contributed by atoms with Gasteiger partial charge >= 0.3 is 0 Å². The lowest BCUT2D eigenvalue weighted by molar-refractivity contribution is 0.103. The van der Waals surface area contributed by atoms with E-state index < -0.39 is 0 Å². The number of fused-ring (bicyclic) bond motifs is 1. The summed E-state index contributed by atoms with van der Waals surface area (Å²) in [5.74, 6) is 1.34. The number of hydrogen-bond acceptors (Lipinski definition) is 4. The predicted molar refractivity (Wildman–Crippen MR) is 88.4 cm³/mol. The molecule has 2 aromatic rings. The van der Waals surface area contributed by atoms with Crippen LogP contribution in [0.2, 0.25) is 0 Å². The first kappa shape index (κ1) is 14.9. The Morgan fingerprint density at radius 1 is 1.23 bits per heavy atom. The van der Waals surface area contributed by atoms with Crippen LogP contribution in [0.5, 0.6) is 11.5 Å². The predicted octanol–water partition coefficient (Wildman–Crippen LogP) is 4.03. The number of benzene rings is 1. The van der Waals surface area contributed by atoms with Crippen LogP contribution >= 0.6 is 11.3 Å². The van der Waals surface area contributed by atoms with Gasteiger partial charge in [-0.3, -0.25) is 4.79 Å². The minimum Gasteiger partial charge on any atom is -0.490 e. The highest BCUT2D eigenvalue weighted by atomic mass is 32.1. The first-order valence-electron chi connectivity index (χ1n) is 7.47. The highest BCUT2D eigenvalue weighted by Crippen LogP contribution is 2.32. The SMILES string of the molecule is CCc1sc(C(=O)Nc2ccc3c(c2)OCCCO3)cc1C. The van der Waals surface area contributed by atoms with Gasteiger partial charge in [0.2, 0.25) is 0 Å². The molecule has 1 aliphatic rings. The molecule has 1 aromatic heterocycles. The maximum atomic E-state index is 12.4. The summed E-state index contributed by atoms with van der Waals surface area (Å²) in [6.07, 6.45) is 1.82. The van der Waals surface area contributed by atoms with Crippen molar-refractivity contribution in [2.75, 3.05) is 18.5 Å². The van der Waals surface area contributed by atoms with E-state index in [-0.39, 0.29) is 5.91 Å². The van der Waals surface area contributed by atoms with E-state index in [4.69, 9.17) is 9.47 Å². The molecule has 1 aromatic carbocycles. The maximum Gasteiger partial charge on any atom is 0.265 e. The Morgan fingerprint density at radius 3 is 2.73 bits per heavy atom. The zero-order valence-corrected chi connectivity index (χ0v) is 13.6. The number of thiophene rings is 1. The molecule has 1 amide bonds. The van der Waals surface area contributed by atoms with E-state index >= 15 is 0 Å². The quantitative estimate of drug-likeness (QED) is 0.929. The number of carbonyl (C=O) groups is 1. The monoisotopic (exact) mass is 317 g/mol. The summed E-state index contributed by atoms with van der Waals surface area (Å²) in [5.41, 5.74) is 1.90. The van der Waals surface area contributed by atoms with E-state index in [9.17, 15) is 4.79 Å². The Labute approximate surface area is 134 Å². The van der Waals surface area contributed by atoms with Crippen molar-refractivity contribution in [1.82, 2.24) is 0 Å². The number of nitrogens with one attached hydrogen (secondary N) is 1. The van der Waals surface area contributed by atoms with Crippen molar-refractivity contribution >= 4 is 22.9 Å². The number of ether oxygens (including phenoxy) is 2. The molecule has 4 nitrogen and oxygen atoms in total. The number of rotatable bonds is 3. The van der Waals surface area contributed by atoms with Gasteiger partial charge in [-0.05, 0) is 37.1 Å². The Kier molecular flexibility index (Phi) is 4.34. The molecule has 1 aliphatic heterocycles. The zero-order chi connectivity index (χ0) is 15.5. The first-order chi connectivity index (χ1) is 10.7. The van der Waals surface area contributed by atoms with E-state index in [2.05, 4.69) is 12.2 Å². The van der Waals surface area contributed by atoms with E-state index in [1.807, 2.05) is 31.2 Å². The van der Waals surface area contributed by atoms with Crippen molar-refractivity contribution in [2.45, 2.75) is 26.7 Å². The molecule has 2 heterocycles. The topological polar surface area (TPSA) is 47.6 Å². The van der Waals surface area contributed by atoms with Gasteiger partial charge in [-0.1, -0.05) is 6.92 Å². The summed E-state index contributed by atoms with van der Waals surface area (Å²) in [4.78, 5) is 14.3. The van der Waals surface area contributed by atoms with Crippen LogP contribution in [0.4, 0.5) is 5.69 Å². The lowest BCUT2D eigenvalue weighted by Crippen LogP contribution is -2.10. The van der Waals surface area contributed by atoms with Gasteiger partial charge in [0.25, 0.3) is 5.91 Å². The molecule has 0 saturated carbocycles. The number of amides is 1. The van der Waals surface area contributed by atoms with Crippen LogP contribution in [-0.4, -0.2) is 19.1 Å². The Hall–Kier alpha value is -2.01. The van der Waals surface area contributed by atoms with Crippen molar-refractivity contribution in [1.29, 1.82) is 0 Å². The fourth-order valence-electron chi connectivity index (χ4n) is 2.42. The van der Waals surface area contributed by atoms with E-state index in [1.165, 1.54) is 10.4 Å². The third kappa shape index (κ3) is 3.09. The van der Waals surface area contributed by atoms with Gasteiger partial charge in [0.15, 0.2) is 11.5 Å². The van der Waals surface area contributed by atoms with E-state index in [0.29, 0.717) is 19.0 Å². The average molecular weight is 317 g/mol. The molecule has 0 aliphatic carbocycles. The summed E-state index contributed by atoms with van der Waals surface area (Å²) >= 11 is 1.55. The minimum atomic E-state index is -0.0812. The fraction of sp³-hybridized carbons (Fsp3) is 0.353. The molecule has 0 atom stereocenters. The lowest BCUT2D eigenvalue weighted by atomic mass is 10.2. The Morgan fingerprint density at radius 2 is 2.00 bits per heavy atom.